The van der Waals surface area contributed by atoms with Crippen molar-refractivity contribution in [2.45, 2.75) is 116 Å². The molecule has 4 aliphatic rings. The SMILES string of the molecule is CCCCOC(=O)C1(C(O)/C=C/[C@@H](C)[C@H]2CCC3/C(=C/C=C4C[C@@H](O)C[C@H](O)C4)CCC[C@@]32C)CC1. The van der Waals surface area contributed by atoms with Crippen molar-refractivity contribution in [3.8, 4) is 0 Å². The van der Waals surface area contributed by atoms with Crippen LogP contribution in [0.2, 0.25) is 0 Å². The first-order valence-corrected chi connectivity index (χ1v) is 14.5. The minimum absolute atomic E-state index is 0.233. The molecule has 7 atom stereocenters. The monoisotopic (exact) mass is 500 g/mol. The van der Waals surface area contributed by atoms with Gasteiger partial charge in [0.2, 0.25) is 0 Å². The number of aliphatic hydroxyl groups excluding tert-OH is 3. The van der Waals surface area contributed by atoms with Crippen molar-refractivity contribution in [1.82, 2.24) is 0 Å². The summed E-state index contributed by atoms with van der Waals surface area (Å²) in [6.07, 6.45) is 17.9. The molecule has 0 aliphatic heterocycles. The Morgan fingerprint density at radius 3 is 2.50 bits per heavy atom. The van der Waals surface area contributed by atoms with Gasteiger partial charge in [-0.2, -0.15) is 0 Å². The first kappa shape index (κ1) is 27.6. The van der Waals surface area contributed by atoms with Crippen molar-refractivity contribution in [3.05, 3.63) is 35.5 Å². The highest BCUT2D eigenvalue weighted by atomic mass is 16.5. The molecule has 0 saturated heterocycles. The number of hydrogen-bond acceptors (Lipinski definition) is 5. The van der Waals surface area contributed by atoms with Crippen LogP contribution in [0.1, 0.15) is 97.8 Å². The zero-order valence-electron chi connectivity index (χ0n) is 22.6. The second-order valence-electron chi connectivity index (χ2n) is 12.4. The van der Waals surface area contributed by atoms with Gasteiger partial charge in [-0.05, 0) is 93.8 Å². The normalized spacial score (nSPS) is 36.5. The summed E-state index contributed by atoms with van der Waals surface area (Å²) >= 11 is 0. The Labute approximate surface area is 217 Å². The van der Waals surface area contributed by atoms with E-state index in [-0.39, 0.29) is 11.4 Å². The van der Waals surface area contributed by atoms with Gasteiger partial charge in [0.05, 0.1) is 30.3 Å². The lowest BCUT2D eigenvalue weighted by atomic mass is 9.61. The van der Waals surface area contributed by atoms with Gasteiger partial charge >= 0.3 is 5.97 Å². The van der Waals surface area contributed by atoms with Gasteiger partial charge in [-0.15, -0.1) is 0 Å². The quantitative estimate of drug-likeness (QED) is 0.217. The lowest BCUT2D eigenvalue weighted by molar-refractivity contribution is -0.153. The smallest absolute Gasteiger partial charge is 0.315 e. The van der Waals surface area contributed by atoms with E-state index in [1.54, 1.807) is 0 Å². The molecule has 4 rings (SSSR count). The third kappa shape index (κ3) is 5.84. The molecule has 2 unspecified atom stereocenters. The number of ether oxygens (including phenoxy) is 1. The summed E-state index contributed by atoms with van der Waals surface area (Å²) < 4.78 is 5.44. The van der Waals surface area contributed by atoms with Crippen LogP contribution in [0.25, 0.3) is 0 Å². The lowest BCUT2D eigenvalue weighted by Gasteiger charge is -2.44. The van der Waals surface area contributed by atoms with E-state index in [2.05, 4.69) is 39.0 Å². The fourth-order valence-corrected chi connectivity index (χ4v) is 7.48. The standard InChI is InChI=1S/C31H48O5/c1-4-5-17-36-29(35)31(15-16-31)28(34)13-8-21(2)26-11-12-27-23(7-6-14-30(26,27)3)10-9-22-18-24(32)20-25(33)19-22/h8-10,13,21,24-28,32-34H,4-7,11-12,14-20H2,1-3H3/b13-8+,23-10+/t21-,24-,25-,26-,27?,28?,30-/m1/s1. The Kier molecular flexibility index (Phi) is 8.84. The van der Waals surface area contributed by atoms with Crippen molar-refractivity contribution in [2.75, 3.05) is 6.61 Å². The van der Waals surface area contributed by atoms with Gasteiger partial charge < -0.3 is 20.1 Å². The van der Waals surface area contributed by atoms with Crippen LogP contribution in [0, 0.1) is 28.6 Å². The lowest BCUT2D eigenvalue weighted by Crippen LogP contribution is -2.36. The summed E-state index contributed by atoms with van der Waals surface area (Å²) in [6.45, 7) is 7.24. The highest BCUT2D eigenvalue weighted by molar-refractivity contribution is 5.81. The average molecular weight is 501 g/mol. The third-order valence-electron chi connectivity index (χ3n) is 9.83. The summed E-state index contributed by atoms with van der Waals surface area (Å²) in [5, 5.41) is 30.9. The fourth-order valence-electron chi connectivity index (χ4n) is 7.48. The van der Waals surface area contributed by atoms with Crippen LogP contribution in [0.5, 0.6) is 0 Å². The summed E-state index contributed by atoms with van der Waals surface area (Å²) in [4.78, 5) is 12.6. The van der Waals surface area contributed by atoms with E-state index in [1.807, 2.05) is 6.08 Å². The number of carbonyl (C=O) groups is 1. The molecule has 4 aliphatic carbocycles. The Bertz CT molecular complexity index is 856. The maximum atomic E-state index is 12.6. The molecular weight excluding hydrogens is 452 g/mol. The first-order chi connectivity index (χ1) is 17.2. The maximum absolute atomic E-state index is 12.6. The molecule has 0 heterocycles. The van der Waals surface area contributed by atoms with Crippen LogP contribution in [0.15, 0.2) is 35.5 Å². The molecule has 36 heavy (non-hydrogen) atoms. The minimum Gasteiger partial charge on any atom is -0.465 e. The molecule has 0 radical (unpaired) electrons. The van der Waals surface area contributed by atoms with Gasteiger partial charge in [-0.1, -0.05) is 62.6 Å². The van der Waals surface area contributed by atoms with Gasteiger partial charge in [0.25, 0.3) is 0 Å². The van der Waals surface area contributed by atoms with Gasteiger partial charge in [-0.3, -0.25) is 4.79 Å². The van der Waals surface area contributed by atoms with E-state index in [1.165, 1.54) is 31.3 Å². The molecule has 0 bridgehead atoms. The first-order valence-electron chi connectivity index (χ1n) is 14.5. The van der Waals surface area contributed by atoms with E-state index in [0.29, 0.717) is 56.5 Å². The van der Waals surface area contributed by atoms with Crippen LogP contribution in [-0.2, 0) is 9.53 Å². The van der Waals surface area contributed by atoms with Gasteiger partial charge in [0.15, 0.2) is 0 Å². The summed E-state index contributed by atoms with van der Waals surface area (Å²) in [5.74, 6) is 1.22. The van der Waals surface area contributed by atoms with Crippen LogP contribution in [0.3, 0.4) is 0 Å². The van der Waals surface area contributed by atoms with Crippen molar-refractivity contribution in [2.24, 2.45) is 28.6 Å². The van der Waals surface area contributed by atoms with Gasteiger partial charge in [0.1, 0.15) is 0 Å². The van der Waals surface area contributed by atoms with Crippen molar-refractivity contribution >= 4 is 5.97 Å². The molecule has 4 fully saturated rings. The molecular formula is C31H48O5. The minimum atomic E-state index is -0.770. The van der Waals surface area contributed by atoms with Crippen molar-refractivity contribution in [3.63, 3.8) is 0 Å². The Hall–Kier alpha value is -1.43. The highest BCUT2D eigenvalue weighted by Gasteiger charge is 2.56. The molecule has 5 nitrogen and oxygen atoms in total. The van der Waals surface area contributed by atoms with Crippen LogP contribution >= 0.6 is 0 Å². The molecule has 0 aromatic rings. The van der Waals surface area contributed by atoms with E-state index in [0.717, 1.165) is 24.8 Å². The average Bonchev–Trinajstić information content (AvgIpc) is 3.57. The second-order valence-corrected chi connectivity index (χ2v) is 12.4. The number of carbonyl (C=O) groups excluding carboxylic acids is 1. The highest BCUT2D eigenvalue weighted by Crippen LogP contribution is 2.59. The van der Waals surface area contributed by atoms with Crippen molar-refractivity contribution in [1.29, 1.82) is 0 Å². The van der Waals surface area contributed by atoms with Crippen LogP contribution < -0.4 is 0 Å². The molecule has 0 spiro atoms. The number of fused-ring (bicyclic) bond motifs is 1. The Morgan fingerprint density at radius 1 is 1.11 bits per heavy atom. The van der Waals surface area contributed by atoms with Crippen LogP contribution in [0.4, 0.5) is 0 Å². The van der Waals surface area contributed by atoms with Crippen LogP contribution in [-0.4, -0.2) is 46.2 Å². The topological polar surface area (TPSA) is 87.0 Å². The second kappa shape index (κ2) is 11.5. The molecule has 0 amide bonds. The van der Waals surface area contributed by atoms with E-state index < -0.39 is 23.7 Å². The third-order valence-corrected chi connectivity index (χ3v) is 9.83. The van der Waals surface area contributed by atoms with E-state index >= 15 is 0 Å². The number of aliphatic hydroxyl groups is 3. The molecule has 202 valence electrons. The van der Waals surface area contributed by atoms with Gasteiger partial charge in [0, 0.05) is 0 Å². The van der Waals surface area contributed by atoms with Crippen molar-refractivity contribution < 1.29 is 24.9 Å². The number of hydrogen-bond donors (Lipinski definition) is 3. The Balaban J connectivity index is 1.40. The van der Waals surface area contributed by atoms with Gasteiger partial charge in [-0.25, -0.2) is 0 Å². The predicted molar refractivity (Wildman–Crippen MR) is 142 cm³/mol. The molecule has 0 aromatic heterocycles. The van der Waals surface area contributed by atoms with E-state index in [9.17, 15) is 20.1 Å². The summed E-state index contributed by atoms with van der Waals surface area (Å²) in [7, 11) is 0. The number of esters is 1. The molecule has 3 N–H and O–H groups in total. The zero-order valence-corrected chi connectivity index (χ0v) is 22.6. The largest absolute Gasteiger partial charge is 0.465 e. The number of unbranched alkanes of at least 4 members (excludes halogenated alkanes) is 1. The summed E-state index contributed by atoms with van der Waals surface area (Å²) in [6, 6.07) is 0. The van der Waals surface area contributed by atoms with E-state index in [4.69, 9.17) is 4.74 Å². The predicted octanol–water partition coefficient (Wildman–Crippen LogP) is 5.64. The molecule has 5 heteroatoms. The Morgan fingerprint density at radius 2 is 1.83 bits per heavy atom. The zero-order chi connectivity index (χ0) is 25.9. The molecule has 0 aromatic carbocycles. The molecule has 4 saturated carbocycles. The summed E-state index contributed by atoms with van der Waals surface area (Å²) in [5.41, 5.74) is 2.19. The number of rotatable bonds is 9. The number of allylic oxidation sites excluding steroid dienone is 4. The maximum Gasteiger partial charge on any atom is 0.315 e. The fraction of sp³-hybridized carbons (Fsp3) is 0.774.